The molecule has 0 radical (unpaired) electrons. The monoisotopic (exact) mass is 211 g/mol. The third-order valence-electron chi connectivity index (χ3n) is 2.14. The standard InChI is InChI=1S/C10H13NO2S/c12-11-5-8-3-1-2-4-10(8)14-9-6-13-7-9/h1-4,9,11-12H,5-7H2. The normalized spacial score (nSPS) is 16.6. The van der Waals surface area contributed by atoms with E-state index in [-0.39, 0.29) is 0 Å². The average Bonchev–Trinajstić information content (AvgIpc) is 2.14. The van der Waals surface area contributed by atoms with Crippen LogP contribution in [0.2, 0.25) is 0 Å². The first-order valence-corrected chi connectivity index (χ1v) is 5.47. The lowest BCUT2D eigenvalue weighted by Gasteiger charge is -2.26. The highest BCUT2D eigenvalue weighted by Crippen LogP contribution is 2.30. The molecule has 2 N–H and O–H groups in total. The molecule has 0 aliphatic carbocycles. The minimum absolute atomic E-state index is 0.497. The highest BCUT2D eigenvalue weighted by molar-refractivity contribution is 8.00. The van der Waals surface area contributed by atoms with Crippen LogP contribution in [0.25, 0.3) is 0 Å². The first-order valence-electron chi connectivity index (χ1n) is 4.59. The van der Waals surface area contributed by atoms with Crippen molar-refractivity contribution < 1.29 is 9.94 Å². The number of nitrogens with one attached hydrogen (secondary N) is 1. The van der Waals surface area contributed by atoms with Crippen molar-refractivity contribution in [2.24, 2.45) is 0 Å². The number of thioether (sulfide) groups is 1. The SMILES string of the molecule is ONCc1ccccc1SC1COC1. The molecular weight excluding hydrogens is 198 g/mol. The Labute approximate surface area is 87.4 Å². The summed E-state index contributed by atoms with van der Waals surface area (Å²) in [5.41, 5.74) is 3.32. The van der Waals surface area contributed by atoms with E-state index in [9.17, 15) is 0 Å². The minimum Gasteiger partial charge on any atom is -0.379 e. The van der Waals surface area contributed by atoms with E-state index in [4.69, 9.17) is 9.94 Å². The number of rotatable bonds is 4. The van der Waals surface area contributed by atoms with Crippen molar-refractivity contribution in [3.8, 4) is 0 Å². The van der Waals surface area contributed by atoms with Gasteiger partial charge in [-0.15, -0.1) is 11.8 Å². The van der Waals surface area contributed by atoms with E-state index >= 15 is 0 Å². The summed E-state index contributed by atoms with van der Waals surface area (Å²) in [6, 6.07) is 8.09. The van der Waals surface area contributed by atoms with E-state index in [2.05, 4.69) is 11.5 Å². The molecule has 1 aromatic rings. The lowest BCUT2D eigenvalue weighted by atomic mass is 10.2. The van der Waals surface area contributed by atoms with Crippen LogP contribution in [0.5, 0.6) is 0 Å². The summed E-state index contributed by atoms with van der Waals surface area (Å²) in [6.45, 7) is 2.17. The molecule has 0 unspecified atom stereocenters. The molecule has 0 atom stereocenters. The summed E-state index contributed by atoms with van der Waals surface area (Å²) >= 11 is 1.82. The number of hydrogen-bond acceptors (Lipinski definition) is 4. The Morgan fingerprint density at radius 2 is 2.21 bits per heavy atom. The van der Waals surface area contributed by atoms with E-state index in [0.29, 0.717) is 11.8 Å². The lowest BCUT2D eigenvalue weighted by Crippen LogP contribution is -2.30. The highest BCUT2D eigenvalue weighted by Gasteiger charge is 2.20. The van der Waals surface area contributed by atoms with E-state index in [1.165, 1.54) is 4.90 Å². The van der Waals surface area contributed by atoms with E-state index in [0.717, 1.165) is 18.8 Å². The van der Waals surface area contributed by atoms with Crippen molar-refractivity contribution in [2.45, 2.75) is 16.7 Å². The molecule has 2 rings (SSSR count). The predicted molar refractivity (Wildman–Crippen MR) is 55.5 cm³/mol. The summed E-state index contributed by atoms with van der Waals surface area (Å²) in [4.78, 5) is 1.22. The molecule has 1 aromatic carbocycles. The van der Waals surface area contributed by atoms with Crippen molar-refractivity contribution in [1.82, 2.24) is 5.48 Å². The van der Waals surface area contributed by atoms with Gasteiger partial charge in [-0.3, -0.25) is 0 Å². The zero-order chi connectivity index (χ0) is 9.80. The number of hydroxylamine groups is 1. The van der Waals surface area contributed by atoms with Gasteiger partial charge in [-0.2, -0.15) is 0 Å². The molecule has 0 spiro atoms. The molecule has 1 heterocycles. The Hall–Kier alpha value is -0.550. The fourth-order valence-corrected chi connectivity index (χ4v) is 2.45. The number of benzene rings is 1. The van der Waals surface area contributed by atoms with Gasteiger partial charge in [0.2, 0.25) is 0 Å². The van der Waals surface area contributed by atoms with Crippen molar-refractivity contribution in [3.63, 3.8) is 0 Å². The van der Waals surface area contributed by atoms with Crippen molar-refractivity contribution in [2.75, 3.05) is 13.2 Å². The molecule has 14 heavy (non-hydrogen) atoms. The lowest BCUT2D eigenvalue weighted by molar-refractivity contribution is 0.0455. The number of hydrogen-bond donors (Lipinski definition) is 2. The summed E-state index contributed by atoms with van der Waals surface area (Å²) in [5, 5.41) is 9.24. The molecule has 0 saturated carbocycles. The minimum atomic E-state index is 0.497. The van der Waals surface area contributed by atoms with Crippen LogP contribution < -0.4 is 5.48 Å². The van der Waals surface area contributed by atoms with Crippen molar-refractivity contribution in [3.05, 3.63) is 29.8 Å². The van der Waals surface area contributed by atoms with E-state index < -0.39 is 0 Å². The van der Waals surface area contributed by atoms with E-state index in [1.807, 2.05) is 30.0 Å². The third kappa shape index (κ3) is 2.27. The summed E-state index contributed by atoms with van der Waals surface area (Å²) in [6.07, 6.45) is 0. The van der Waals surface area contributed by atoms with Gasteiger partial charge >= 0.3 is 0 Å². The zero-order valence-electron chi connectivity index (χ0n) is 7.77. The first-order chi connectivity index (χ1) is 6.90. The molecule has 1 saturated heterocycles. The maximum atomic E-state index is 8.67. The Bertz CT molecular complexity index is 302. The second-order valence-electron chi connectivity index (χ2n) is 3.22. The molecule has 0 aromatic heterocycles. The number of ether oxygens (including phenoxy) is 1. The zero-order valence-corrected chi connectivity index (χ0v) is 8.59. The van der Waals surface area contributed by atoms with Gasteiger partial charge in [0.15, 0.2) is 0 Å². The second kappa shape index (κ2) is 4.79. The van der Waals surface area contributed by atoms with Gasteiger partial charge in [0, 0.05) is 11.4 Å². The van der Waals surface area contributed by atoms with Crippen LogP contribution in [0.3, 0.4) is 0 Å². The summed E-state index contributed by atoms with van der Waals surface area (Å²) < 4.78 is 5.12. The van der Waals surface area contributed by atoms with Crippen molar-refractivity contribution >= 4 is 11.8 Å². The van der Waals surface area contributed by atoms with Gasteiger partial charge in [0.1, 0.15) is 0 Å². The van der Waals surface area contributed by atoms with Crippen LogP contribution in [-0.4, -0.2) is 23.7 Å². The molecular formula is C10H13NO2S. The predicted octanol–water partition coefficient (Wildman–Crippen LogP) is 1.66. The molecule has 0 bridgehead atoms. The van der Waals surface area contributed by atoms with Crippen LogP contribution >= 0.6 is 11.8 Å². The first kappa shape index (κ1) is 9.98. The van der Waals surface area contributed by atoms with Crippen LogP contribution in [0.1, 0.15) is 5.56 Å². The van der Waals surface area contributed by atoms with Gasteiger partial charge in [0.25, 0.3) is 0 Å². The van der Waals surface area contributed by atoms with Crippen molar-refractivity contribution in [1.29, 1.82) is 0 Å². The maximum absolute atomic E-state index is 8.67. The average molecular weight is 211 g/mol. The Kier molecular flexibility index (Phi) is 3.42. The molecule has 1 fully saturated rings. The quantitative estimate of drug-likeness (QED) is 0.743. The van der Waals surface area contributed by atoms with Gasteiger partial charge in [-0.25, -0.2) is 5.48 Å². The summed E-state index contributed by atoms with van der Waals surface area (Å²) in [7, 11) is 0. The topological polar surface area (TPSA) is 41.5 Å². The molecule has 3 nitrogen and oxygen atoms in total. The van der Waals surface area contributed by atoms with Gasteiger partial charge in [0.05, 0.1) is 18.5 Å². The van der Waals surface area contributed by atoms with Crippen LogP contribution in [-0.2, 0) is 11.3 Å². The van der Waals surface area contributed by atoms with Crippen LogP contribution in [0.4, 0.5) is 0 Å². The largest absolute Gasteiger partial charge is 0.379 e. The third-order valence-corrected chi connectivity index (χ3v) is 3.40. The molecule has 1 aliphatic rings. The fourth-order valence-electron chi connectivity index (χ4n) is 1.31. The van der Waals surface area contributed by atoms with Gasteiger partial charge in [-0.1, -0.05) is 18.2 Å². The highest BCUT2D eigenvalue weighted by atomic mass is 32.2. The van der Waals surface area contributed by atoms with Crippen LogP contribution in [0.15, 0.2) is 29.2 Å². The molecule has 0 amide bonds. The molecule has 76 valence electrons. The van der Waals surface area contributed by atoms with Gasteiger partial charge in [-0.05, 0) is 11.6 Å². The van der Waals surface area contributed by atoms with Crippen LogP contribution in [0, 0.1) is 0 Å². The Morgan fingerprint density at radius 1 is 1.43 bits per heavy atom. The van der Waals surface area contributed by atoms with E-state index in [1.54, 1.807) is 0 Å². The summed E-state index contributed by atoms with van der Waals surface area (Å²) in [5.74, 6) is 0. The second-order valence-corrected chi connectivity index (χ2v) is 4.56. The Morgan fingerprint density at radius 3 is 2.86 bits per heavy atom. The van der Waals surface area contributed by atoms with Gasteiger partial charge < -0.3 is 9.94 Å². The Balaban J connectivity index is 2.05. The maximum Gasteiger partial charge on any atom is 0.0611 e. The smallest absolute Gasteiger partial charge is 0.0611 e. The fraction of sp³-hybridized carbons (Fsp3) is 0.400. The molecule has 1 aliphatic heterocycles. The molecule has 4 heteroatoms.